The zero-order chi connectivity index (χ0) is 19.7. The first-order chi connectivity index (χ1) is 13.6. The van der Waals surface area contributed by atoms with Crippen LogP contribution in [0.4, 0.5) is 5.69 Å². The summed E-state index contributed by atoms with van der Waals surface area (Å²) < 4.78 is 10.4. The van der Waals surface area contributed by atoms with E-state index >= 15 is 0 Å². The molecule has 0 aliphatic carbocycles. The second-order valence-corrected chi connectivity index (χ2v) is 6.40. The quantitative estimate of drug-likeness (QED) is 0.485. The van der Waals surface area contributed by atoms with E-state index in [-0.39, 0.29) is 30.5 Å². The molecule has 2 aromatic carbocycles. The summed E-state index contributed by atoms with van der Waals surface area (Å²) in [5.74, 6) is -0.612. The molecular weight excluding hydrogens is 362 g/mol. The van der Waals surface area contributed by atoms with Gasteiger partial charge >= 0.3 is 5.97 Å². The van der Waals surface area contributed by atoms with Crippen molar-refractivity contribution in [3.63, 3.8) is 0 Å². The summed E-state index contributed by atoms with van der Waals surface area (Å²) in [5.41, 5.74) is 4.42. The highest BCUT2D eigenvalue weighted by Gasteiger charge is 2.40. The molecule has 1 N–H and O–H groups in total. The number of anilines is 1. The van der Waals surface area contributed by atoms with Gasteiger partial charge < -0.3 is 9.47 Å². The molecule has 142 valence electrons. The molecule has 8 nitrogen and oxygen atoms in total. The van der Waals surface area contributed by atoms with Crippen molar-refractivity contribution in [2.45, 2.75) is 12.5 Å². The lowest BCUT2D eigenvalue weighted by atomic mass is 10.1. The lowest BCUT2D eigenvalue weighted by molar-refractivity contribution is -0.137. The van der Waals surface area contributed by atoms with Gasteiger partial charge in [-0.3, -0.25) is 19.9 Å². The summed E-state index contributed by atoms with van der Waals surface area (Å²) >= 11 is 0. The number of methoxy groups -OCH3 is 1. The molecule has 28 heavy (non-hydrogen) atoms. The van der Waals surface area contributed by atoms with E-state index in [0.29, 0.717) is 22.6 Å². The number of benzene rings is 2. The van der Waals surface area contributed by atoms with E-state index in [1.165, 1.54) is 0 Å². The molecule has 1 fully saturated rings. The van der Waals surface area contributed by atoms with Crippen LogP contribution in [-0.4, -0.2) is 48.2 Å². The zero-order valence-electron chi connectivity index (χ0n) is 15.0. The van der Waals surface area contributed by atoms with Crippen LogP contribution < -0.4 is 10.2 Å². The number of esters is 1. The van der Waals surface area contributed by atoms with Crippen LogP contribution in [0.25, 0.3) is 0 Å². The standard InChI is InChI=1S/C20H17N3O5/c1-27-13-8-6-12(7-9-13)21-22-17-10-14(28-20(17)26)11-23-18(24)15-4-2-3-5-16(15)19(23)25/h2-9,14,21H,10-11H2,1H3/b22-17-. The number of nitrogens with zero attached hydrogens (tertiary/aromatic N) is 2. The summed E-state index contributed by atoms with van der Waals surface area (Å²) in [6, 6.07) is 13.7. The third-order valence-electron chi connectivity index (χ3n) is 4.60. The largest absolute Gasteiger partial charge is 0.497 e. The maximum absolute atomic E-state index is 12.4. The monoisotopic (exact) mass is 379 g/mol. The Hall–Kier alpha value is -3.68. The second-order valence-electron chi connectivity index (χ2n) is 6.40. The number of ether oxygens (including phenoxy) is 2. The normalized spacial score (nSPS) is 19.8. The van der Waals surface area contributed by atoms with Crippen LogP contribution in [0.1, 0.15) is 27.1 Å². The highest BCUT2D eigenvalue weighted by molar-refractivity contribution is 6.38. The first-order valence-corrected chi connectivity index (χ1v) is 8.69. The van der Waals surface area contributed by atoms with E-state index in [1.807, 2.05) is 0 Å². The molecule has 1 atom stereocenters. The van der Waals surface area contributed by atoms with Crippen LogP contribution in [0.5, 0.6) is 5.75 Å². The second kappa shape index (κ2) is 7.15. The van der Waals surface area contributed by atoms with Gasteiger partial charge in [-0.25, -0.2) is 4.79 Å². The molecule has 0 radical (unpaired) electrons. The highest BCUT2D eigenvalue weighted by Crippen LogP contribution is 2.25. The molecule has 4 rings (SSSR count). The molecule has 2 aliphatic rings. The van der Waals surface area contributed by atoms with Crippen molar-refractivity contribution in [2.24, 2.45) is 5.10 Å². The van der Waals surface area contributed by atoms with Gasteiger partial charge in [0.05, 0.1) is 30.5 Å². The third kappa shape index (κ3) is 3.20. The van der Waals surface area contributed by atoms with Crippen molar-refractivity contribution in [1.29, 1.82) is 0 Å². The average molecular weight is 379 g/mol. The fourth-order valence-corrected chi connectivity index (χ4v) is 3.16. The van der Waals surface area contributed by atoms with Crippen molar-refractivity contribution < 1.29 is 23.9 Å². The van der Waals surface area contributed by atoms with Crippen molar-refractivity contribution in [3.05, 3.63) is 59.7 Å². The minimum absolute atomic E-state index is 0.000355. The first-order valence-electron chi connectivity index (χ1n) is 8.69. The van der Waals surface area contributed by atoms with Crippen molar-refractivity contribution in [1.82, 2.24) is 4.90 Å². The summed E-state index contributed by atoms with van der Waals surface area (Å²) in [6.07, 6.45) is -0.416. The van der Waals surface area contributed by atoms with Gasteiger partial charge in [0.25, 0.3) is 11.8 Å². The van der Waals surface area contributed by atoms with Gasteiger partial charge in [0.15, 0.2) is 0 Å². The average Bonchev–Trinajstić information content (AvgIpc) is 3.19. The van der Waals surface area contributed by atoms with E-state index < -0.39 is 12.1 Å². The molecule has 8 heteroatoms. The minimum Gasteiger partial charge on any atom is -0.497 e. The molecule has 2 aliphatic heterocycles. The molecule has 2 aromatic rings. The van der Waals surface area contributed by atoms with E-state index in [4.69, 9.17) is 9.47 Å². The number of nitrogens with one attached hydrogen (secondary N) is 1. The SMILES string of the molecule is COc1ccc(N/N=C2/CC(CN3C(=O)c4ccccc4C3=O)OC2=O)cc1. The number of rotatable bonds is 5. The Bertz CT molecular complexity index is 949. The topological polar surface area (TPSA) is 97.3 Å². The van der Waals surface area contributed by atoms with Crippen LogP contribution in [0.3, 0.4) is 0 Å². The van der Waals surface area contributed by atoms with Gasteiger partial charge in [-0.15, -0.1) is 0 Å². The molecular formula is C20H17N3O5. The maximum atomic E-state index is 12.4. The Labute approximate surface area is 160 Å². The van der Waals surface area contributed by atoms with E-state index in [1.54, 1.807) is 55.6 Å². The molecule has 2 amide bonds. The predicted octanol–water partition coefficient (Wildman–Crippen LogP) is 2.07. The van der Waals surface area contributed by atoms with E-state index in [2.05, 4.69) is 10.5 Å². The smallest absolute Gasteiger partial charge is 0.354 e. The number of cyclic esters (lactones) is 1. The van der Waals surface area contributed by atoms with E-state index in [9.17, 15) is 14.4 Å². The summed E-state index contributed by atoms with van der Waals surface area (Å²) in [6.45, 7) is -0.000355. The minimum atomic E-state index is -0.619. The van der Waals surface area contributed by atoms with Crippen LogP contribution in [0.2, 0.25) is 0 Å². The predicted molar refractivity (Wildman–Crippen MR) is 100 cm³/mol. The number of hydrogen-bond acceptors (Lipinski definition) is 7. The molecule has 0 bridgehead atoms. The highest BCUT2D eigenvalue weighted by atomic mass is 16.6. The summed E-state index contributed by atoms with van der Waals surface area (Å²) in [5, 5.41) is 4.10. The lowest BCUT2D eigenvalue weighted by Crippen LogP contribution is -2.36. The van der Waals surface area contributed by atoms with Gasteiger partial charge in [-0.05, 0) is 36.4 Å². The maximum Gasteiger partial charge on any atom is 0.354 e. The van der Waals surface area contributed by atoms with Crippen LogP contribution in [0, 0.1) is 0 Å². The number of carbonyl (C=O) groups is 3. The number of carbonyl (C=O) groups excluding carboxylic acids is 3. The Morgan fingerprint density at radius 3 is 2.32 bits per heavy atom. The fraction of sp³-hybridized carbons (Fsp3) is 0.200. The molecule has 1 unspecified atom stereocenters. The number of fused-ring (bicyclic) bond motifs is 1. The molecule has 2 heterocycles. The Morgan fingerprint density at radius 2 is 1.71 bits per heavy atom. The van der Waals surface area contributed by atoms with Gasteiger partial charge in [0.1, 0.15) is 17.6 Å². The number of hydrazone groups is 1. The molecule has 0 saturated carbocycles. The Kier molecular flexibility index (Phi) is 4.52. The lowest BCUT2D eigenvalue weighted by Gasteiger charge is -2.17. The van der Waals surface area contributed by atoms with Crippen molar-refractivity contribution in [3.8, 4) is 5.75 Å². The fourth-order valence-electron chi connectivity index (χ4n) is 3.16. The third-order valence-corrected chi connectivity index (χ3v) is 4.60. The summed E-state index contributed by atoms with van der Waals surface area (Å²) in [7, 11) is 1.58. The molecule has 0 aromatic heterocycles. The van der Waals surface area contributed by atoms with Crippen molar-refractivity contribution in [2.75, 3.05) is 19.1 Å². The first kappa shape index (κ1) is 17.7. The van der Waals surface area contributed by atoms with Gasteiger partial charge in [0.2, 0.25) is 0 Å². The van der Waals surface area contributed by atoms with E-state index in [0.717, 1.165) is 4.90 Å². The van der Waals surface area contributed by atoms with Crippen molar-refractivity contribution >= 4 is 29.2 Å². The molecule has 1 saturated heterocycles. The van der Waals surface area contributed by atoms with Gasteiger partial charge in [-0.1, -0.05) is 12.1 Å². The van der Waals surface area contributed by atoms with Crippen LogP contribution in [-0.2, 0) is 9.53 Å². The number of imide groups is 1. The molecule has 0 spiro atoms. The Balaban J connectivity index is 1.41. The van der Waals surface area contributed by atoms with Crippen LogP contribution >= 0.6 is 0 Å². The number of hydrogen-bond donors (Lipinski definition) is 1. The zero-order valence-corrected chi connectivity index (χ0v) is 15.0. The number of amides is 2. The van der Waals surface area contributed by atoms with Crippen LogP contribution in [0.15, 0.2) is 53.6 Å². The van der Waals surface area contributed by atoms with Gasteiger partial charge in [0, 0.05) is 6.42 Å². The Morgan fingerprint density at radius 1 is 1.07 bits per heavy atom. The van der Waals surface area contributed by atoms with Gasteiger partial charge in [-0.2, -0.15) is 5.10 Å². The summed E-state index contributed by atoms with van der Waals surface area (Å²) in [4.78, 5) is 38.0.